The van der Waals surface area contributed by atoms with Gasteiger partial charge in [-0.05, 0) is 13.3 Å². The Hall–Kier alpha value is -0.590. The number of ketones is 1. The van der Waals surface area contributed by atoms with Crippen molar-refractivity contribution >= 4 is 5.78 Å². The summed E-state index contributed by atoms with van der Waals surface area (Å²) >= 11 is 0. The largest absolute Gasteiger partial charge is 0.299 e. The van der Waals surface area contributed by atoms with E-state index in [2.05, 4.69) is 6.92 Å². The minimum Gasteiger partial charge on any atom is -0.299 e. The highest BCUT2D eigenvalue weighted by Gasteiger charge is 2.24. The number of carbonyl (C=O) groups is 1. The van der Waals surface area contributed by atoms with E-state index in [1.54, 1.807) is 0 Å². The molecule has 0 aromatic carbocycles. The van der Waals surface area contributed by atoms with E-state index in [0.29, 0.717) is 12.2 Å². The highest BCUT2D eigenvalue weighted by Crippen LogP contribution is 2.24. The van der Waals surface area contributed by atoms with Gasteiger partial charge >= 0.3 is 0 Å². The van der Waals surface area contributed by atoms with Crippen LogP contribution < -0.4 is 0 Å². The molecule has 0 N–H and O–H groups in total. The molecular formula is C11H20O. The van der Waals surface area contributed by atoms with Crippen LogP contribution >= 0.6 is 0 Å². The molecule has 0 bridgehead atoms. The zero-order chi connectivity index (χ0) is 9.61. The van der Waals surface area contributed by atoms with Crippen molar-refractivity contribution in [2.75, 3.05) is 0 Å². The van der Waals surface area contributed by atoms with Crippen molar-refractivity contribution < 1.29 is 4.79 Å². The third-order valence-corrected chi connectivity index (χ3v) is 2.17. The molecule has 0 fully saturated rings. The average molecular weight is 168 g/mol. The lowest BCUT2D eigenvalue weighted by Gasteiger charge is -2.21. The summed E-state index contributed by atoms with van der Waals surface area (Å²) in [5, 5.41) is 0. The summed E-state index contributed by atoms with van der Waals surface area (Å²) in [6.07, 6.45) is 6.52. The molecule has 0 atom stereocenters. The Morgan fingerprint density at radius 3 is 2.42 bits per heavy atom. The SMILES string of the molecule is C/C=C/CC(=O)C(C)(C)CCC. The van der Waals surface area contributed by atoms with Crippen molar-refractivity contribution in [2.24, 2.45) is 5.41 Å². The van der Waals surface area contributed by atoms with Crippen LogP contribution in [0.3, 0.4) is 0 Å². The van der Waals surface area contributed by atoms with Crippen molar-refractivity contribution in [3.05, 3.63) is 12.2 Å². The molecule has 1 heteroatoms. The topological polar surface area (TPSA) is 17.1 Å². The molecule has 0 spiro atoms. The summed E-state index contributed by atoms with van der Waals surface area (Å²) in [6.45, 7) is 8.12. The second-order valence-corrected chi connectivity index (χ2v) is 3.83. The maximum atomic E-state index is 11.6. The molecule has 0 aliphatic carbocycles. The molecule has 12 heavy (non-hydrogen) atoms. The van der Waals surface area contributed by atoms with E-state index in [0.717, 1.165) is 12.8 Å². The molecule has 0 saturated heterocycles. The van der Waals surface area contributed by atoms with Crippen molar-refractivity contribution in [1.82, 2.24) is 0 Å². The summed E-state index contributed by atoms with van der Waals surface area (Å²) in [7, 11) is 0. The van der Waals surface area contributed by atoms with Crippen LogP contribution in [0.15, 0.2) is 12.2 Å². The highest BCUT2D eigenvalue weighted by atomic mass is 16.1. The van der Waals surface area contributed by atoms with E-state index in [1.807, 2.05) is 32.9 Å². The van der Waals surface area contributed by atoms with Gasteiger partial charge < -0.3 is 0 Å². The fraction of sp³-hybridized carbons (Fsp3) is 0.727. The normalized spacial score (nSPS) is 12.3. The minimum atomic E-state index is -0.131. The standard InChI is InChI=1S/C11H20O/c1-5-7-8-10(12)11(3,4)9-6-2/h5,7H,6,8-9H2,1-4H3/b7-5+. The monoisotopic (exact) mass is 168 g/mol. The number of carbonyl (C=O) groups excluding carboxylic acids is 1. The van der Waals surface area contributed by atoms with Crippen LogP contribution in [-0.4, -0.2) is 5.78 Å². The predicted molar refractivity (Wildman–Crippen MR) is 53.1 cm³/mol. The molecule has 0 heterocycles. The molecule has 1 nitrogen and oxygen atoms in total. The molecule has 0 unspecified atom stereocenters. The summed E-state index contributed by atoms with van der Waals surface area (Å²) < 4.78 is 0. The maximum absolute atomic E-state index is 11.6. The highest BCUT2D eigenvalue weighted by molar-refractivity contribution is 5.85. The van der Waals surface area contributed by atoms with Crippen LogP contribution in [0.5, 0.6) is 0 Å². The molecule has 0 aliphatic rings. The Balaban J connectivity index is 4.05. The summed E-state index contributed by atoms with van der Waals surface area (Å²) in [4.78, 5) is 11.6. The van der Waals surface area contributed by atoms with E-state index >= 15 is 0 Å². The second-order valence-electron chi connectivity index (χ2n) is 3.83. The molecule has 0 aromatic rings. The van der Waals surface area contributed by atoms with Crippen LogP contribution in [0, 0.1) is 5.41 Å². The molecule has 0 aliphatic heterocycles. The Morgan fingerprint density at radius 1 is 1.42 bits per heavy atom. The molecule has 0 rings (SSSR count). The van der Waals surface area contributed by atoms with Crippen molar-refractivity contribution in [3.8, 4) is 0 Å². The lowest BCUT2D eigenvalue weighted by molar-refractivity contribution is -0.126. The van der Waals surface area contributed by atoms with E-state index in [1.165, 1.54) is 0 Å². The Labute approximate surface area is 75.9 Å². The van der Waals surface area contributed by atoms with Crippen LogP contribution in [0.1, 0.15) is 47.0 Å². The van der Waals surface area contributed by atoms with Crippen LogP contribution in [0.2, 0.25) is 0 Å². The van der Waals surface area contributed by atoms with Gasteiger partial charge in [0.1, 0.15) is 5.78 Å². The molecule has 0 aromatic heterocycles. The lowest BCUT2D eigenvalue weighted by Crippen LogP contribution is -2.23. The summed E-state index contributed by atoms with van der Waals surface area (Å²) in [5.74, 6) is 0.349. The number of hydrogen-bond donors (Lipinski definition) is 0. The third-order valence-electron chi connectivity index (χ3n) is 2.17. The molecule has 0 saturated carbocycles. The van der Waals surface area contributed by atoms with Gasteiger partial charge in [0.2, 0.25) is 0 Å². The van der Waals surface area contributed by atoms with Crippen LogP contribution in [0.4, 0.5) is 0 Å². The molecular weight excluding hydrogens is 148 g/mol. The second kappa shape index (κ2) is 5.13. The van der Waals surface area contributed by atoms with Gasteiger partial charge in [-0.2, -0.15) is 0 Å². The zero-order valence-electron chi connectivity index (χ0n) is 8.68. The van der Waals surface area contributed by atoms with Crippen molar-refractivity contribution in [1.29, 1.82) is 0 Å². The minimum absolute atomic E-state index is 0.131. The quantitative estimate of drug-likeness (QED) is 0.575. The van der Waals surface area contributed by atoms with Gasteiger partial charge in [-0.25, -0.2) is 0 Å². The lowest BCUT2D eigenvalue weighted by atomic mass is 9.82. The summed E-state index contributed by atoms with van der Waals surface area (Å²) in [6, 6.07) is 0. The number of hydrogen-bond acceptors (Lipinski definition) is 1. The Kier molecular flexibility index (Phi) is 4.87. The van der Waals surface area contributed by atoms with E-state index < -0.39 is 0 Å². The van der Waals surface area contributed by atoms with Gasteiger partial charge in [0.05, 0.1) is 0 Å². The number of rotatable bonds is 5. The van der Waals surface area contributed by atoms with E-state index in [4.69, 9.17) is 0 Å². The van der Waals surface area contributed by atoms with Gasteiger partial charge in [0.25, 0.3) is 0 Å². The van der Waals surface area contributed by atoms with E-state index in [-0.39, 0.29) is 5.41 Å². The van der Waals surface area contributed by atoms with Crippen molar-refractivity contribution in [2.45, 2.75) is 47.0 Å². The van der Waals surface area contributed by atoms with Crippen LogP contribution in [-0.2, 0) is 4.79 Å². The van der Waals surface area contributed by atoms with Crippen LogP contribution in [0.25, 0.3) is 0 Å². The summed E-state index contributed by atoms with van der Waals surface area (Å²) in [5.41, 5.74) is -0.131. The predicted octanol–water partition coefficient (Wildman–Crippen LogP) is 3.35. The smallest absolute Gasteiger partial charge is 0.142 e. The van der Waals surface area contributed by atoms with Gasteiger partial charge in [-0.1, -0.05) is 39.3 Å². The maximum Gasteiger partial charge on any atom is 0.142 e. The fourth-order valence-corrected chi connectivity index (χ4v) is 1.27. The Bertz CT molecular complexity index is 166. The Morgan fingerprint density at radius 2 is 2.00 bits per heavy atom. The van der Waals surface area contributed by atoms with Gasteiger partial charge in [0.15, 0.2) is 0 Å². The number of Topliss-reactive ketones (excluding diaryl/α,β-unsaturated/α-hetero) is 1. The van der Waals surface area contributed by atoms with Gasteiger partial charge in [-0.3, -0.25) is 4.79 Å². The fourth-order valence-electron chi connectivity index (χ4n) is 1.27. The van der Waals surface area contributed by atoms with E-state index in [9.17, 15) is 4.79 Å². The first-order chi connectivity index (χ1) is 5.54. The average Bonchev–Trinajstić information content (AvgIpc) is 2.00. The zero-order valence-corrected chi connectivity index (χ0v) is 8.68. The van der Waals surface area contributed by atoms with Gasteiger partial charge in [-0.15, -0.1) is 0 Å². The van der Waals surface area contributed by atoms with Gasteiger partial charge in [0, 0.05) is 11.8 Å². The molecule has 0 radical (unpaired) electrons. The first-order valence-electron chi connectivity index (χ1n) is 4.69. The van der Waals surface area contributed by atoms with Crippen molar-refractivity contribution in [3.63, 3.8) is 0 Å². The molecule has 0 amide bonds. The first kappa shape index (κ1) is 11.4. The number of allylic oxidation sites excluding steroid dienone is 2. The first-order valence-corrected chi connectivity index (χ1v) is 4.69. The third kappa shape index (κ3) is 3.70. The molecule has 70 valence electrons.